The Morgan fingerprint density at radius 3 is 2.15 bits per heavy atom. The van der Waals surface area contributed by atoms with Crippen molar-refractivity contribution >= 4 is 17.4 Å². The molecule has 1 aliphatic rings. The molecule has 0 bridgehead atoms. The van der Waals surface area contributed by atoms with Gasteiger partial charge < -0.3 is 15.1 Å². The van der Waals surface area contributed by atoms with E-state index in [0.29, 0.717) is 13.1 Å². The van der Waals surface area contributed by atoms with Crippen LogP contribution in [0.5, 0.6) is 0 Å². The number of rotatable bonds is 2. The lowest BCUT2D eigenvalue weighted by molar-refractivity contribution is 0.208. The van der Waals surface area contributed by atoms with E-state index in [4.69, 9.17) is 0 Å². The quantitative estimate of drug-likeness (QED) is 0.862. The number of urea groups is 1. The largest absolute Gasteiger partial charge is 0.368 e. The van der Waals surface area contributed by atoms with Crippen LogP contribution in [0.4, 0.5) is 20.6 Å². The Kier molecular flexibility index (Phi) is 5.16. The van der Waals surface area contributed by atoms with Gasteiger partial charge in [0.25, 0.3) is 0 Å². The Hall–Kier alpha value is -2.56. The van der Waals surface area contributed by atoms with Crippen LogP contribution >= 0.6 is 0 Å². The zero-order chi connectivity index (χ0) is 18.7. The maximum Gasteiger partial charge on any atom is 0.322 e. The topological polar surface area (TPSA) is 35.6 Å². The second kappa shape index (κ2) is 7.36. The highest BCUT2D eigenvalue weighted by atomic mass is 19.1. The van der Waals surface area contributed by atoms with Crippen molar-refractivity contribution in [2.75, 3.05) is 36.4 Å². The summed E-state index contributed by atoms with van der Waals surface area (Å²) in [5, 5.41) is 2.65. The van der Waals surface area contributed by atoms with Crippen LogP contribution in [0.25, 0.3) is 0 Å². The number of halogens is 1. The first kappa shape index (κ1) is 18.2. The predicted octanol–water partition coefficient (Wildman–Crippen LogP) is 4.48. The van der Waals surface area contributed by atoms with Crippen LogP contribution in [-0.4, -0.2) is 37.1 Å². The molecule has 1 aliphatic heterocycles. The summed E-state index contributed by atoms with van der Waals surface area (Å²) in [6.07, 6.45) is 0. The smallest absolute Gasteiger partial charge is 0.322 e. The maximum absolute atomic E-state index is 13.7. The van der Waals surface area contributed by atoms with Gasteiger partial charge in [-0.1, -0.05) is 45.0 Å². The number of carbonyl (C=O) groups is 1. The van der Waals surface area contributed by atoms with E-state index in [0.717, 1.165) is 13.1 Å². The van der Waals surface area contributed by atoms with E-state index in [9.17, 15) is 9.18 Å². The van der Waals surface area contributed by atoms with E-state index in [1.165, 1.54) is 17.3 Å². The molecular weight excluding hydrogens is 329 g/mol. The average molecular weight is 355 g/mol. The third-order valence-electron chi connectivity index (χ3n) is 4.78. The fraction of sp³-hybridized carbons (Fsp3) is 0.381. The second-order valence-electron chi connectivity index (χ2n) is 7.68. The minimum atomic E-state index is -0.418. The van der Waals surface area contributed by atoms with Crippen molar-refractivity contribution in [3.63, 3.8) is 0 Å². The Balaban J connectivity index is 1.57. The molecule has 0 spiro atoms. The van der Waals surface area contributed by atoms with Gasteiger partial charge in [0.05, 0.1) is 5.69 Å². The van der Waals surface area contributed by atoms with Crippen LogP contribution in [-0.2, 0) is 5.41 Å². The van der Waals surface area contributed by atoms with Gasteiger partial charge in [-0.05, 0) is 35.2 Å². The first-order valence-corrected chi connectivity index (χ1v) is 9.00. The molecular formula is C21H26FN3O. The summed E-state index contributed by atoms with van der Waals surface area (Å²) in [5.74, 6) is -0.418. The van der Waals surface area contributed by atoms with Gasteiger partial charge in [0, 0.05) is 31.9 Å². The van der Waals surface area contributed by atoms with Crippen LogP contribution in [0.3, 0.4) is 0 Å². The molecule has 2 aromatic carbocycles. The molecule has 138 valence electrons. The molecule has 1 N–H and O–H groups in total. The number of hydrogen-bond acceptors (Lipinski definition) is 2. The summed E-state index contributed by atoms with van der Waals surface area (Å²) in [5.41, 5.74) is 2.84. The first-order valence-electron chi connectivity index (χ1n) is 9.00. The fourth-order valence-corrected chi connectivity index (χ4v) is 3.10. The second-order valence-corrected chi connectivity index (χ2v) is 7.68. The highest BCUT2D eigenvalue weighted by Gasteiger charge is 2.22. The predicted molar refractivity (Wildman–Crippen MR) is 104 cm³/mol. The van der Waals surface area contributed by atoms with E-state index < -0.39 is 5.82 Å². The molecule has 0 aliphatic carbocycles. The summed E-state index contributed by atoms with van der Waals surface area (Å²) in [4.78, 5) is 16.4. The van der Waals surface area contributed by atoms with E-state index in [2.05, 4.69) is 55.3 Å². The zero-order valence-corrected chi connectivity index (χ0v) is 15.6. The van der Waals surface area contributed by atoms with E-state index in [1.54, 1.807) is 23.1 Å². The van der Waals surface area contributed by atoms with Crippen molar-refractivity contribution in [1.29, 1.82) is 0 Å². The first-order chi connectivity index (χ1) is 12.3. The highest BCUT2D eigenvalue weighted by molar-refractivity contribution is 5.89. The number of nitrogens with zero attached hydrogens (tertiary/aromatic N) is 2. The number of amides is 2. The highest BCUT2D eigenvalue weighted by Crippen LogP contribution is 2.25. The fourth-order valence-electron chi connectivity index (χ4n) is 3.10. The summed E-state index contributed by atoms with van der Waals surface area (Å²) in [6, 6.07) is 14.6. The standard InChI is InChI=1S/C21H26FN3O/c1-21(2,3)16-8-10-17(11-9-16)24-12-14-25(15-13-24)20(26)23-19-7-5-4-6-18(19)22/h4-11H,12-15H2,1-3H3,(H,23,26). The number of hydrogen-bond donors (Lipinski definition) is 1. The molecule has 1 saturated heterocycles. The molecule has 2 aromatic rings. The third kappa shape index (κ3) is 4.15. The number of nitrogens with one attached hydrogen (secondary N) is 1. The zero-order valence-electron chi connectivity index (χ0n) is 15.6. The minimum Gasteiger partial charge on any atom is -0.368 e. The van der Waals surface area contributed by atoms with Crippen LogP contribution in [0.15, 0.2) is 48.5 Å². The average Bonchev–Trinajstić information content (AvgIpc) is 2.63. The van der Waals surface area contributed by atoms with E-state index >= 15 is 0 Å². The molecule has 0 atom stereocenters. The van der Waals surface area contributed by atoms with Gasteiger partial charge in [0.2, 0.25) is 0 Å². The molecule has 26 heavy (non-hydrogen) atoms. The molecule has 2 amide bonds. The minimum absolute atomic E-state index is 0.141. The van der Waals surface area contributed by atoms with E-state index in [-0.39, 0.29) is 17.1 Å². The van der Waals surface area contributed by atoms with Crippen LogP contribution in [0.1, 0.15) is 26.3 Å². The number of anilines is 2. The lowest BCUT2D eigenvalue weighted by atomic mass is 9.87. The Labute approximate surface area is 154 Å². The Bertz CT molecular complexity index is 760. The van der Waals surface area contributed by atoms with Gasteiger partial charge in [-0.3, -0.25) is 0 Å². The maximum atomic E-state index is 13.7. The van der Waals surface area contributed by atoms with Crippen molar-refractivity contribution in [1.82, 2.24) is 4.90 Å². The van der Waals surface area contributed by atoms with Gasteiger partial charge >= 0.3 is 6.03 Å². The Morgan fingerprint density at radius 2 is 1.58 bits per heavy atom. The molecule has 3 rings (SSSR count). The SMILES string of the molecule is CC(C)(C)c1ccc(N2CCN(C(=O)Nc3ccccc3F)CC2)cc1. The Morgan fingerprint density at radius 1 is 0.962 bits per heavy atom. The summed E-state index contributed by atoms with van der Waals surface area (Å²) in [7, 11) is 0. The molecule has 4 nitrogen and oxygen atoms in total. The molecule has 0 saturated carbocycles. The van der Waals surface area contributed by atoms with Gasteiger partial charge in [-0.2, -0.15) is 0 Å². The third-order valence-corrected chi connectivity index (χ3v) is 4.78. The van der Waals surface area contributed by atoms with Crippen molar-refractivity contribution in [3.8, 4) is 0 Å². The number of benzene rings is 2. The molecule has 0 aromatic heterocycles. The summed E-state index contributed by atoms with van der Waals surface area (Å²) in [6.45, 7) is 9.36. The van der Waals surface area contributed by atoms with Crippen molar-refractivity contribution in [3.05, 3.63) is 59.9 Å². The van der Waals surface area contributed by atoms with Gasteiger partial charge in [0.1, 0.15) is 5.82 Å². The van der Waals surface area contributed by atoms with Crippen LogP contribution in [0, 0.1) is 5.82 Å². The number of piperazine rings is 1. The monoisotopic (exact) mass is 355 g/mol. The van der Waals surface area contributed by atoms with Gasteiger partial charge in [-0.25, -0.2) is 9.18 Å². The number of para-hydroxylation sites is 1. The van der Waals surface area contributed by atoms with Crippen molar-refractivity contribution in [2.45, 2.75) is 26.2 Å². The molecule has 1 heterocycles. The lowest BCUT2D eigenvalue weighted by Gasteiger charge is -2.36. The molecule has 0 radical (unpaired) electrons. The molecule has 1 fully saturated rings. The van der Waals surface area contributed by atoms with E-state index in [1.807, 2.05) is 0 Å². The van der Waals surface area contributed by atoms with Gasteiger partial charge in [0.15, 0.2) is 0 Å². The van der Waals surface area contributed by atoms with Crippen LogP contribution in [0.2, 0.25) is 0 Å². The van der Waals surface area contributed by atoms with Crippen LogP contribution < -0.4 is 10.2 Å². The normalized spacial score (nSPS) is 15.1. The number of carbonyl (C=O) groups excluding carboxylic acids is 1. The lowest BCUT2D eigenvalue weighted by Crippen LogP contribution is -2.50. The summed E-state index contributed by atoms with van der Waals surface area (Å²) >= 11 is 0. The van der Waals surface area contributed by atoms with Crippen molar-refractivity contribution < 1.29 is 9.18 Å². The molecule has 0 unspecified atom stereocenters. The van der Waals surface area contributed by atoms with Gasteiger partial charge in [-0.15, -0.1) is 0 Å². The van der Waals surface area contributed by atoms with Crippen molar-refractivity contribution in [2.24, 2.45) is 0 Å². The molecule has 5 heteroatoms. The summed E-state index contributed by atoms with van der Waals surface area (Å²) < 4.78 is 13.7.